The lowest BCUT2D eigenvalue weighted by Crippen LogP contribution is -2.29. The van der Waals surface area contributed by atoms with Gasteiger partial charge in [-0.1, -0.05) is 36.4 Å². The quantitative estimate of drug-likeness (QED) is 0.387. The molecule has 5 rings (SSSR count). The number of nitrogens with one attached hydrogen (secondary N) is 2. The van der Waals surface area contributed by atoms with Gasteiger partial charge in [-0.3, -0.25) is 4.72 Å². The van der Waals surface area contributed by atoms with Crippen molar-refractivity contribution >= 4 is 27.4 Å². The number of fused-ring (bicyclic) bond motifs is 3. The van der Waals surface area contributed by atoms with Gasteiger partial charge in [-0.25, -0.2) is 17.6 Å². The van der Waals surface area contributed by atoms with Crippen LogP contribution in [0, 0.1) is 11.7 Å². The van der Waals surface area contributed by atoms with E-state index in [9.17, 15) is 17.6 Å². The van der Waals surface area contributed by atoms with Crippen molar-refractivity contribution in [3.05, 3.63) is 101 Å². The van der Waals surface area contributed by atoms with Crippen LogP contribution in [-0.4, -0.2) is 21.5 Å². The van der Waals surface area contributed by atoms with Crippen molar-refractivity contribution in [1.29, 1.82) is 0 Å². The SMILES string of the molecule is COC(=O)c1ccc([C@H]2Nc3ccc(S(=O)(=O)Nc4ccccc4F)cc3[C@H]3C=CC[C@H]32)cc1. The smallest absolute Gasteiger partial charge is 0.337 e. The van der Waals surface area contributed by atoms with Gasteiger partial charge in [0.1, 0.15) is 5.82 Å². The molecule has 2 N–H and O–H groups in total. The van der Waals surface area contributed by atoms with Crippen LogP contribution in [0.25, 0.3) is 0 Å². The lowest BCUT2D eigenvalue weighted by atomic mass is 9.77. The molecule has 1 aliphatic carbocycles. The van der Waals surface area contributed by atoms with E-state index in [-0.39, 0.29) is 34.4 Å². The highest BCUT2D eigenvalue weighted by Crippen LogP contribution is 2.50. The third-order valence-corrected chi connectivity index (χ3v) is 7.82. The van der Waals surface area contributed by atoms with Gasteiger partial charge in [0.25, 0.3) is 10.0 Å². The number of esters is 1. The molecule has 34 heavy (non-hydrogen) atoms. The van der Waals surface area contributed by atoms with Crippen LogP contribution in [0.4, 0.5) is 15.8 Å². The van der Waals surface area contributed by atoms with Gasteiger partial charge in [-0.05, 0) is 65.9 Å². The van der Waals surface area contributed by atoms with Crippen LogP contribution in [-0.2, 0) is 14.8 Å². The number of carbonyl (C=O) groups is 1. The van der Waals surface area contributed by atoms with Crippen LogP contribution in [0.1, 0.15) is 39.9 Å². The lowest BCUT2D eigenvalue weighted by Gasteiger charge is -2.37. The summed E-state index contributed by atoms with van der Waals surface area (Å²) in [6.07, 6.45) is 5.06. The molecule has 1 aliphatic heterocycles. The van der Waals surface area contributed by atoms with Crippen LogP contribution in [0.5, 0.6) is 0 Å². The summed E-state index contributed by atoms with van der Waals surface area (Å²) in [7, 11) is -2.61. The molecule has 174 valence electrons. The van der Waals surface area contributed by atoms with Crippen LogP contribution >= 0.6 is 0 Å². The predicted molar refractivity (Wildman–Crippen MR) is 128 cm³/mol. The lowest BCUT2D eigenvalue weighted by molar-refractivity contribution is 0.0600. The van der Waals surface area contributed by atoms with Crippen molar-refractivity contribution in [2.24, 2.45) is 5.92 Å². The van der Waals surface area contributed by atoms with Gasteiger partial charge in [0.2, 0.25) is 0 Å². The second-order valence-corrected chi connectivity index (χ2v) is 10.1. The fraction of sp³-hybridized carbons (Fsp3) is 0.192. The average molecular weight is 479 g/mol. The summed E-state index contributed by atoms with van der Waals surface area (Å²) in [5.41, 5.74) is 3.17. The van der Waals surface area contributed by atoms with Crippen molar-refractivity contribution in [2.45, 2.75) is 23.3 Å². The molecule has 3 aromatic rings. The van der Waals surface area contributed by atoms with Gasteiger partial charge in [0.05, 0.1) is 29.3 Å². The Labute approximate surface area is 197 Å². The number of allylic oxidation sites excluding steroid dienone is 2. The Morgan fingerprint density at radius 1 is 1.09 bits per heavy atom. The van der Waals surface area contributed by atoms with Crippen molar-refractivity contribution in [3.8, 4) is 0 Å². The molecule has 6 nitrogen and oxygen atoms in total. The summed E-state index contributed by atoms with van der Waals surface area (Å²) < 4.78 is 47.1. The Bertz CT molecular complexity index is 1390. The van der Waals surface area contributed by atoms with Crippen LogP contribution < -0.4 is 10.0 Å². The fourth-order valence-corrected chi connectivity index (χ4v) is 5.86. The molecule has 0 saturated carbocycles. The topological polar surface area (TPSA) is 84.5 Å². The highest BCUT2D eigenvalue weighted by Gasteiger charge is 2.38. The van der Waals surface area contributed by atoms with Crippen molar-refractivity contribution in [2.75, 3.05) is 17.1 Å². The first-order chi connectivity index (χ1) is 16.4. The molecule has 0 spiro atoms. The van der Waals surface area contributed by atoms with E-state index >= 15 is 0 Å². The molecule has 0 amide bonds. The summed E-state index contributed by atoms with van der Waals surface area (Å²) in [5.74, 6) is -0.795. The van der Waals surface area contributed by atoms with Crippen molar-refractivity contribution in [3.63, 3.8) is 0 Å². The molecule has 0 aromatic heterocycles. The largest absolute Gasteiger partial charge is 0.465 e. The Hall–Kier alpha value is -3.65. The van der Waals surface area contributed by atoms with Crippen LogP contribution in [0.2, 0.25) is 0 Å². The maximum Gasteiger partial charge on any atom is 0.337 e. The van der Waals surface area contributed by atoms with E-state index in [4.69, 9.17) is 4.74 Å². The van der Waals surface area contributed by atoms with Crippen molar-refractivity contribution in [1.82, 2.24) is 0 Å². The van der Waals surface area contributed by atoms with E-state index in [1.54, 1.807) is 30.3 Å². The highest BCUT2D eigenvalue weighted by molar-refractivity contribution is 7.92. The molecule has 0 radical (unpaired) electrons. The highest BCUT2D eigenvalue weighted by atomic mass is 32.2. The van der Waals surface area contributed by atoms with Gasteiger partial charge >= 0.3 is 5.97 Å². The van der Waals surface area contributed by atoms with Gasteiger partial charge in [0.15, 0.2) is 0 Å². The van der Waals surface area contributed by atoms with Gasteiger partial charge in [0, 0.05) is 11.6 Å². The number of hydrogen-bond donors (Lipinski definition) is 2. The van der Waals surface area contributed by atoms with E-state index in [2.05, 4.69) is 22.2 Å². The molecule has 1 heterocycles. The number of methoxy groups -OCH3 is 1. The molecule has 0 saturated heterocycles. The maximum atomic E-state index is 14.0. The fourth-order valence-electron chi connectivity index (χ4n) is 4.76. The summed E-state index contributed by atoms with van der Waals surface area (Å²) in [6.45, 7) is 0. The zero-order valence-electron chi connectivity index (χ0n) is 18.4. The number of rotatable bonds is 5. The first-order valence-corrected chi connectivity index (χ1v) is 12.4. The number of sulfonamides is 1. The Balaban J connectivity index is 1.46. The molecular formula is C26H23FN2O4S. The number of anilines is 2. The number of ether oxygens (including phenoxy) is 1. The zero-order valence-corrected chi connectivity index (χ0v) is 19.2. The third kappa shape index (κ3) is 3.94. The summed E-state index contributed by atoms with van der Waals surface area (Å²) in [4.78, 5) is 11.9. The zero-order chi connectivity index (χ0) is 23.9. The predicted octanol–water partition coefficient (Wildman–Crippen LogP) is 5.24. The number of halogens is 1. The minimum atomic E-state index is -3.96. The normalized spacial score (nSPS) is 20.7. The number of benzene rings is 3. The minimum Gasteiger partial charge on any atom is -0.465 e. The van der Waals surface area contributed by atoms with Crippen LogP contribution in [0.3, 0.4) is 0 Å². The third-order valence-electron chi connectivity index (χ3n) is 6.45. The maximum absolute atomic E-state index is 14.0. The van der Waals surface area contributed by atoms with E-state index in [1.807, 2.05) is 12.1 Å². The molecule has 8 heteroatoms. The Kier molecular flexibility index (Phi) is 5.61. The first-order valence-electron chi connectivity index (χ1n) is 10.9. The van der Waals surface area contributed by atoms with E-state index in [0.29, 0.717) is 5.56 Å². The number of hydrogen-bond acceptors (Lipinski definition) is 5. The molecule has 3 aromatic carbocycles. The second-order valence-electron chi connectivity index (χ2n) is 8.42. The monoisotopic (exact) mass is 478 g/mol. The van der Waals surface area contributed by atoms with E-state index in [0.717, 1.165) is 23.2 Å². The minimum absolute atomic E-state index is 0.00167. The summed E-state index contributed by atoms with van der Waals surface area (Å²) in [5, 5.41) is 3.55. The Morgan fingerprint density at radius 3 is 2.59 bits per heavy atom. The van der Waals surface area contributed by atoms with E-state index < -0.39 is 15.8 Å². The molecule has 2 aliphatic rings. The van der Waals surface area contributed by atoms with Gasteiger partial charge in [-0.2, -0.15) is 0 Å². The standard InChI is InChI=1S/C26H23FN2O4S/c1-33-26(30)17-11-9-16(10-12-17)25-20-6-4-5-19(20)21-15-18(13-14-23(21)28-25)34(31,32)29-24-8-3-2-7-22(24)27/h2-5,7-15,19-20,25,28-29H,6H2,1H3/t19-,20+,25+/m0/s1. The van der Waals surface area contributed by atoms with E-state index in [1.165, 1.54) is 31.4 Å². The second kappa shape index (κ2) is 8.61. The van der Waals surface area contributed by atoms with Crippen LogP contribution in [0.15, 0.2) is 83.8 Å². The summed E-state index contributed by atoms with van der Waals surface area (Å²) in [6, 6.07) is 17.9. The van der Waals surface area contributed by atoms with Gasteiger partial charge in [-0.15, -0.1) is 0 Å². The van der Waals surface area contributed by atoms with Crippen molar-refractivity contribution < 1.29 is 22.3 Å². The average Bonchev–Trinajstić information content (AvgIpc) is 3.34. The first kappa shape index (κ1) is 22.2. The number of para-hydroxylation sites is 1. The van der Waals surface area contributed by atoms with Gasteiger partial charge < -0.3 is 10.1 Å². The summed E-state index contributed by atoms with van der Waals surface area (Å²) >= 11 is 0. The number of carbonyl (C=O) groups excluding carboxylic acids is 1. The molecule has 0 unspecified atom stereocenters. The molecule has 0 bridgehead atoms. The Morgan fingerprint density at radius 2 is 1.85 bits per heavy atom. The molecule has 0 fully saturated rings. The molecular weight excluding hydrogens is 455 g/mol. The molecule has 3 atom stereocenters.